The molecule has 0 saturated heterocycles. The van der Waals surface area contributed by atoms with Crippen molar-refractivity contribution >= 4 is 15.9 Å². The lowest BCUT2D eigenvalue weighted by atomic mass is 10.0. The minimum Gasteiger partial charge on any atom is -0.193 e. The van der Waals surface area contributed by atoms with E-state index in [9.17, 15) is 0 Å². The zero-order valence-electron chi connectivity index (χ0n) is 7.82. The first kappa shape index (κ1) is 11.4. The summed E-state index contributed by atoms with van der Waals surface area (Å²) in [6.45, 7) is 5.97. The van der Waals surface area contributed by atoms with Crippen molar-refractivity contribution < 1.29 is 0 Å². The Kier molecular flexibility index (Phi) is 5.74. The fourth-order valence-corrected chi connectivity index (χ4v) is 1.52. The molecule has 1 nitrogen and oxygen atoms in total. The fraction of sp³-hybridized carbons (Fsp3) is 0.500. The molecule has 0 amide bonds. The molecule has 0 spiro atoms. The maximum atomic E-state index is 8.60. The number of nitriles is 1. The maximum Gasteiger partial charge on any atom is 0.0949 e. The van der Waals surface area contributed by atoms with E-state index < -0.39 is 0 Å². The van der Waals surface area contributed by atoms with Crippen LogP contribution in [0.5, 0.6) is 0 Å². The molecule has 2 heteroatoms. The van der Waals surface area contributed by atoms with Gasteiger partial charge in [-0.15, -0.1) is 0 Å². The Morgan fingerprint density at radius 1 is 1.42 bits per heavy atom. The molecule has 0 heterocycles. The zero-order valence-corrected chi connectivity index (χ0v) is 9.40. The Morgan fingerprint density at radius 3 is 2.42 bits per heavy atom. The summed E-state index contributed by atoms with van der Waals surface area (Å²) in [6.07, 6.45) is 3.88. The van der Waals surface area contributed by atoms with E-state index in [-0.39, 0.29) is 0 Å². The van der Waals surface area contributed by atoms with Gasteiger partial charge >= 0.3 is 0 Å². The van der Waals surface area contributed by atoms with E-state index >= 15 is 0 Å². The third-order valence-corrected chi connectivity index (χ3v) is 2.22. The summed E-state index contributed by atoms with van der Waals surface area (Å²) < 4.78 is 1.20. The van der Waals surface area contributed by atoms with E-state index in [1.807, 2.05) is 26.8 Å². The van der Waals surface area contributed by atoms with Crippen LogP contribution in [-0.4, -0.2) is 0 Å². The van der Waals surface area contributed by atoms with Crippen molar-refractivity contribution in [2.75, 3.05) is 0 Å². The quantitative estimate of drug-likeness (QED) is 0.616. The molecular formula is C10H14BrN. The fourth-order valence-electron chi connectivity index (χ4n) is 0.980. The van der Waals surface area contributed by atoms with Crippen molar-refractivity contribution in [2.45, 2.75) is 33.6 Å². The van der Waals surface area contributed by atoms with Crippen LogP contribution in [0.4, 0.5) is 0 Å². The Hall–Kier alpha value is -0.550. The van der Waals surface area contributed by atoms with Crippen LogP contribution in [0.25, 0.3) is 0 Å². The Morgan fingerprint density at radius 2 is 2.00 bits per heavy atom. The first-order chi connectivity index (χ1) is 5.74. The number of halogens is 1. The van der Waals surface area contributed by atoms with Crippen molar-refractivity contribution in [3.8, 4) is 6.07 Å². The third kappa shape index (κ3) is 3.23. The van der Waals surface area contributed by atoms with Gasteiger partial charge in [-0.3, -0.25) is 0 Å². The molecule has 0 aromatic carbocycles. The lowest BCUT2D eigenvalue weighted by Gasteiger charge is -2.08. The van der Waals surface area contributed by atoms with E-state index in [2.05, 4.69) is 22.0 Å². The van der Waals surface area contributed by atoms with Crippen LogP contribution in [-0.2, 0) is 0 Å². The molecular weight excluding hydrogens is 214 g/mol. The summed E-state index contributed by atoms with van der Waals surface area (Å²) in [5, 5.41) is 8.60. The highest BCUT2D eigenvalue weighted by atomic mass is 79.9. The molecule has 0 saturated carbocycles. The van der Waals surface area contributed by atoms with Crippen LogP contribution in [0, 0.1) is 11.3 Å². The molecule has 0 unspecified atom stereocenters. The molecule has 0 fully saturated rings. The van der Waals surface area contributed by atoms with Crippen LogP contribution >= 0.6 is 15.9 Å². The minimum absolute atomic E-state index is 0.888. The molecule has 12 heavy (non-hydrogen) atoms. The topological polar surface area (TPSA) is 23.8 Å². The summed E-state index contributed by atoms with van der Waals surface area (Å²) >= 11 is 3.40. The first-order valence-electron chi connectivity index (χ1n) is 4.20. The second-order valence-electron chi connectivity index (χ2n) is 2.36. The highest BCUT2D eigenvalue weighted by Crippen LogP contribution is 2.26. The molecule has 0 atom stereocenters. The van der Waals surface area contributed by atoms with Crippen molar-refractivity contribution in [3.63, 3.8) is 0 Å². The summed E-state index contributed by atoms with van der Waals surface area (Å²) in [5.41, 5.74) is 2.02. The summed E-state index contributed by atoms with van der Waals surface area (Å²) in [6, 6.07) is 2.19. The molecule has 1 rings (SSSR count). The van der Waals surface area contributed by atoms with Gasteiger partial charge in [0.1, 0.15) is 0 Å². The third-order valence-electron chi connectivity index (χ3n) is 1.60. The second-order valence-corrected chi connectivity index (χ2v) is 3.38. The number of allylic oxidation sites excluding steroid dienone is 4. The van der Waals surface area contributed by atoms with E-state index in [0.717, 1.165) is 24.0 Å². The average molecular weight is 228 g/mol. The minimum atomic E-state index is 0.888. The molecule has 0 radical (unpaired) electrons. The molecule has 0 aliphatic heterocycles. The first-order valence-corrected chi connectivity index (χ1v) is 4.99. The van der Waals surface area contributed by atoms with Crippen molar-refractivity contribution in [1.82, 2.24) is 0 Å². The van der Waals surface area contributed by atoms with E-state index in [4.69, 9.17) is 5.26 Å². The highest BCUT2D eigenvalue weighted by Gasteiger charge is 2.07. The van der Waals surface area contributed by atoms with Crippen LogP contribution in [0.3, 0.4) is 0 Å². The van der Waals surface area contributed by atoms with Crippen LogP contribution in [0.1, 0.15) is 33.6 Å². The highest BCUT2D eigenvalue weighted by molar-refractivity contribution is 9.11. The normalized spacial score (nSPS) is 15.8. The Balaban J connectivity index is 0.000000561. The lowest BCUT2D eigenvalue weighted by Crippen LogP contribution is -1.91. The summed E-state index contributed by atoms with van der Waals surface area (Å²) in [4.78, 5) is 0. The van der Waals surface area contributed by atoms with Gasteiger partial charge in [0.25, 0.3) is 0 Å². The van der Waals surface area contributed by atoms with E-state index in [1.165, 1.54) is 4.48 Å². The predicted octanol–water partition coefficient (Wildman–Crippen LogP) is 3.93. The monoisotopic (exact) mass is 227 g/mol. The van der Waals surface area contributed by atoms with Gasteiger partial charge in [0.2, 0.25) is 0 Å². The largest absolute Gasteiger partial charge is 0.193 e. The van der Waals surface area contributed by atoms with Gasteiger partial charge in [-0.05, 0) is 35.9 Å². The molecule has 0 N–H and O–H groups in total. The summed E-state index contributed by atoms with van der Waals surface area (Å²) in [7, 11) is 0. The van der Waals surface area contributed by atoms with Gasteiger partial charge in [-0.1, -0.05) is 29.8 Å². The predicted molar refractivity (Wildman–Crippen MR) is 55.9 cm³/mol. The maximum absolute atomic E-state index is 8.60. The second kappa shape index (κ2) is 6.02. The van der Waals surface area contributed by atoms with Gasteiger partial charge < -0.3 is 0 Å². The molecule has 1 aliphatic rings. The standard InChI is InChI=1S/C8H8BrN.C2H6/c1-6-4-8(9)3-2-7(6)5-10;1-2/h4H,2-3H2,1H3;1-2H3. The smallest absolute Gasteiger partial charge is 0.0949 e. The Labute approximate surface area is 82.9 Å². The molecule has 1 aliphatic carbocycles. The van der Waals surface area contributed by atoms with Gasteiger partial charge in [-0.2, -0.15) is 5.26 Å². The van der Waals surface area contributed by atoms with Gasteiger partial charge in [0.05, 0.1) is 6.07 Å². The number of hydrogen-bond donors (Lipinski definition) is 0. The zero-order chi connectivity index (χ0) is 9.56. The van der Waals surface area contributed by atoms with Crippen molar-refractivity contribution in [3.05, 3.63) is 21.7 Å². The van der Waals surface area contributed by atoms with E-state index in [0.29, 0.717) is 0 Å². The number of rotatable bonds is 0. The van der Waals surface area contributed by atoms with Gasteiger partial charge in [0.15, 0.2) is 0 Å². The lowest BCUT2D eigenvalue weighted by molar-refractivity contribution is 0.963. The molecule has 0 aromatic rings. The number of nitrogens with zero attached hydrogens (tertiary/aromatic N) is 1. The van der Waals surface area contributed by atoms with Gasteiger partial charge in [0, 0.05) is 5.57 Å². The van der Waals surface area contributed by atoms with E-state index in [1.54, 1.807) is 0 Å². The van der Waals surface area contributed by atoms with Crippen LogP contribution in [0.15, 0.2) is 21.7 Å². The van der Waals surface area contributed by atoms with Crippen LogP contribution in [0.2, 0.25) is 0 Å². The Bertz CT molecular complexity index is 243. The SMILES string of the molecule is CC.CC1=C(C#N)CCC(Br)=C1. The van der Waals surface area contributed by atoms with Crippen molar-refractivity contribution in [1.29, 1.82) is 5.26 Å². The number of hydrogen-bond acceptors (Lipinski definition) is 1. The molecule has 0 bridgehead atoms. The van der Waals surface area contributed by atoms with Crippen molar-refractivity contribution in [2.24, 2.45) is 0 Å². The molecule has 0 aromatic heterocycles. The average Bonchev–Trinajstić information content (AvgIpc) is 2.08. The molecule has 66 valence electrons. The summed E-state index contributed by atoms with van der Waals surface area (Å²) in [5.74, 6) is 0. The van der Waals surface area contributed by atoms with Gasteiger partial charge in [-0.25, -0.2) is 0 Å². The van der Waals surface area contributed by atoms with Crippen LogP contribution < -0.4 is 0 Å².